The summed E-state index contributed by atoms with van der Waals surface area (Å²) in [6.45, 7) is 10.8. The zero-order chi connectivity index (χ0) is 35.6. The highest BCUT2D eigenvalue weighted by molar-refractivity contribution is 6.35. The van der Waals surface area contributed by atoms with Crippen molar-refractivity contribution < 1.29 is 19.4 Å². The molecule has 1 amide bonds. The summed E-state index contributed by atoms with van der Waals surface area (Å²) in [5.41, 5.74) is 8.66. The van der Waals surface area contributed by atoms with Gasteiger partial charge in [0.05, 0.1) is 33.9 Å². The second-order valence-corrected chi connectivity index (χ2v) is 13.9. The van der Waals surface area contributed by atoms with Gasteiger partial charge in [0.25, 0.3) is 5.91 Å². The van der Waals surface area contributed by atoms with Gasteiger partial charge in [0.2, 0.25) is 0 Å². The van der Waals surface area contributed by atoms with Gasteiger partial charge >= 0.3 is 5.97 Å². The number of hydrogen-bond acceptors (Lipinski definition) is 5. The highest BCUT2D eigenvalue weighted by Gasteiger charge is 2.37. The average Bonchev–Trinajstić information content (AvgIpc) is 3.55. The molecular weight excluding hydrogens is 673 g/mol. The number of carbonyl (C=O) groups excluding carboxylic acids is 1. The number of ether oxygens (including phenoxy) is 1. The van der Waals surface area contributed by atoms with Gasteiger partial charge in [-0.15, -0.1) is 0 Å². The molecule has 0 saturated carbocycles. The lowest BCUT2D eigenvalue weighted by molar-refractivity contribution is 0.0698. The summed E-state index contributed by atoms with van der Waals surface area (Å²) in [6.07, 6.45) is 1.24. The number of carboxylic acid groups (broad SMARTS) is 1. The van der Waals surface area contributed by atoms with E-state index < -0.39 is 5.97 Å². The number of carboxylic acids is 1. The van der Waals surface area contributed by atoms with Crippen molar-refractivity contribution in [3.63, 3.8) is 0 Å². The largest absolute Gasteiger partial charge is 0.494 e. The minimum absolute atomic E-state index is 0.146. The van der Waals surface area contributed by atoms with Crippen molar-refractivity contribution in [3.8, 4) is 16.9 Å². The fourth-order valence-corrected chi connectivity index (χ4v) is 7.76. The Morgan fingerprint density at radius 1 is 1.00 bits per heavy atom. The number of nitrogens with zero attached hydrogens (tertiary/aromatic N) is 5. The Morgan fingerprint density at radius 2 is 1.72 bits per heavy atom. The highest BCUT2D eigenvalue weighted by atomic mass is 35.5. The van der Waals surface area contributed by atoms with E-state index in [0.717, 1.165) is 60.9 Å². The van der Waals surface area contributed by atoms with E-state index in [-0.39, 0.29) is 17.5 Å². The lowest BCUT2D eigenvalue weighted by Gasteiger charge is -2.33. The van der Waals surface area contributed by atoms with Crippen LogP contribution in [0.15, 0.2) is 54.6 Å². The highest BCUT2D eigenvalue weighted by Crippen LogP contribution is 2.45. The van der Waals surface area contributed by atoms with Crippen LogP contribution in [0.5, 0.6) is 5.75 Å². The summed E-state index contributed by atoms with van der Waals surface area (Å²) in [5.74, 6) is 0.0189. The molecule has 7 rings (SSSR count). The van der Waals surface area contributed by atoms with Gasteiger partial charge in [-0.2, -0.15) is 5.10 Å². The summed E-state index contributed by atoms with van der Waals surface area (Å²) in [7, 11) is 1.92. The first-order chi connectivity index (χ1) is 23.9. The lowest BCUT2D eigenvalue weighted by Crippen LogP contribution is -2.43. The van der Waals surface area contributed by atoms with E-state index in [9.17, 15) is 14.7 Å². The van der Waals surface area contributed by atoms with Crippen LogP contribution in [0, 0.1) is 27.7 Å². The molecule has 1 atom stereocenters. The van der Waals surface area contributed by atoms with Crippen LogP contribution in [0.4, 0.5) is 5.82 Å². The molecule has 0 saturated heterocycles. The molecule has 256 valence electrons. The zero-order valence-corrected chi connectivity index (χ0v) is 30.3. The number of pyridine rings is 1. The number of halogens is 2. The van der Waals surface area contributed by atoms with Crippen LogP contribution in [0.3, 0.4) is 0 Å². The molecule has 0 spiro atoms. The number of amides is 1. The monoisotopic (exact) mass is 709 g/mol. The van der Waals surface area contributed by atoms with Crippen LogP contribution in [0.1, 0.15) is 68.3 Å². The third-order valence-electron chi connectivity index (χ3n) is 9.79. The van der Waals surface area contributed by atoms with E-state index in [1.807, 2.05) is 63.7 Å². The molecule has 3 aromatic heterocycles. The van der Waals surface area contributed by atoms with Crippen molar-refractivity contribution in [2.24, 2.45) is 7.05 Å². The van der Waals surface area contributed by atoms with Crippen molar-refractivity contribution in [1.82, 2.24) is 19.3 Å². The van der Waals surface area contributed by atoms with Gasteiger partial charge in [-0.25, -0.2) is 9.78 Å². The predicted octanol–water partition coefficient (Wildman–Crippen LogP) is 9.06. The first-order valence-corrected chi connectivity index (χ1v) is 17.3. The van der Waals surface area contributed by atoms with Gasteiger partial charge < -0.3 is 14.4 Å². The van der Waals surface area contributed by atoms with Crippen LogP contribution in [0.2, 0.25) is 10.0 Å². The standard InChI is InChI=1S/C39H37Cl2N5O4/c1-20-17-25(18-21(2)35(20)41)50-16-8-10-27-28-12-14-30(40)34(33-23(4)43-44(6)24(33)5)36(28)46-22(3)19-45(38(47)37(27)46)32-15-13-26-29(39(48)49)9-7-11-31(26)42-32/h7,9,11-15,17-18,22H,8,10,16,19H2,1-6H3,(H,48,49). The topological polar surface area (TPSA) is 102 Å². The third-order valence-corrected chi connectivity index (χ3v) is 10.7. The molecule has 1 aliphatic rings. The van der Waals surface area contributed by atoms with Gasteiger partial charge in [-0.1, -0.05) is 35.3 Å². The summed E-state index contributed by atoms with van der Waals surface area (Å²) < 4.78 is 10.2. The van der Waals surface area contributed by atoms with Gasteiger partial charge in [-0.3, -0.25) is 14.4 Å². The number of aromatic nitrogens is 4. The number of aryl methyl sites for hydroxylation is 5. The van der Waals surface area contributed by atoms with Crippen LogP contribution in [0.25, 0.3) is 32.9 Å². The minimum Gasteiger partial charge on any atom is -0.494 e. The van der Waals surface area contributed by atoms with E-state index in [4.69, 9.17) is 38.0 Å². The number of fused-ring (bicyclic) bond motifs is 4. The number of anilines is 1. The molecule has 4 heterocycles. The normalized spacial score (nSPS) is 14.5. The number of carbonyl (C=O) groups is 2. The van der Waals surface area contributed by atoms with E-state index in [2.05, 4.69) is 11.5 Å². The molecule has 9 nitrogen and oxygen atoms in total. The maximum absolute atomic E-state index is 14.8. The molecule has 1 aliphatic heterocycles. The molecule has 50 heavy (non-hydrogen) atoms. The van der Waals surface area contributed by atoms with E-state index in [0.29, 0.717) is 53.4 Å². The number of benzene rings is 3. The molecule has 11 heteroatoms. The van der Waals surface area contributed by atoms with Crippen molar-refractivity contribution in [2.75, 3.05) is 18.1 Å². The summed E-state index contributed by atoms with van der Waals surface area (Å²) in [6, 6.07) is 16.1. The predicted molar refractivity (Wildman–Crippen MR) is 198 cm³/mol. The van der Waals surface area contributed by atoms with Crippen LogP contribution < -0.4 is 9.64 Å². The van der Waals surface area contributed by atoms with E-state index in [1.165, 1.54) is 0 Å². The van der Waals surface area contributed by atoms with Gasteiger partial charge in [0.15, 0.2) is 0 Å². The molecule has 0 bridgehead atoms. The first-order valence-electron chi connectivity index (χ1n) is 16.6. The molecule has 0 radical (unpaired) electrons. The maximum atomic E-state index is 14.8. The average molecular weight is 711 g/mol. The van der Waals surface area contributed by atoms with Crippen LogP contribution in [-0.2, 0) is 13.5 Å². The fraction of sp³-hybridized carbons (Fsp3) is 0.282. The Bertz CT molecular complexity index is 2350. The SMILES string of the molecule is Cc1cc(OCCCc2c3n(c4c(-c5c(C)nn(C)c5C)c(Cl)ccc24)C(C)CN(c2ccc4c(C(=O)O)cccc4n2)C3=O)cc(C)c1Cl. The molecule has 6 aromatic rings. The molecule has 0 fully saturated rings. The zero-order valence-electron chi connectivity index (χ0n) is 28.8. The molecule has 1 N–H and O–H groups in total. The molecule has 0 aliphatic carbocycles. The van der Waals surface area contributed by atoms with Crippen molar-refractivity contribution in [3.05, 3.63) is 104 Å². The van der Waals surface area contributed by atoms with Crippen LogP contribution in [-0.4, -0.2) is 49.5 Å². The minimum atomic E-state index is -1.03. The van der Waals surface area contributed by atoms with Crippen LogP contribution >= 0.6 is 23.2 Å². The Morgan fingerprint density at radius 3 is 2.40 bits per heavy atom. The molecular formula is C39H37Cl2N5O4. The van der Waals surface area contributed by atoms with E-state index in [1.54, 1.807) is 35.2 Å². The Labute approximate surface area is 300 Å². The molecule has 3 aromatic carbocycles. The Hall–Kier alpha value is -4.86. The Kier molecular flexibility index (Phi) is 8.60. The number of aromatic carboxylic acids is 1. The van der Waals surface area contributed by atoms with Gasteiger partial charge in [-0.05, 0) is 107 Å². The first kappa shape index (κ1) is 33.6. The maximum Gasteiger partial charge on any atom is 0.336 e. The van der Waals surface area contributed by atoms with Crippen molar-refractivity contribution in [2.45, 2.75) is 53.5 Å². The van der Waals surface area contributed by atoms with E-state index >= 15 is 0 Å². The number of rotatable bonds is 8. The van der Waals surface area contributed by atoms with Crippen molar-refractivity contribution >= 4 is 62.7 Å². The summed E-state index contributed by atoms with van der Waals surface area (Å²) in [4.78, 5) is 33.1. The Balaban J connectivity index is 1.35. The smallest absolute Gasteiger partial charge is 0.336 e. The second-order valence-electron chi connectivity index (χ2n) is 13.1. The number of hydrogen-bond donors (Lipinski definition) is 1. The second kappa shape index (κ2) is 12.8. The quantitative estimate of drug-likeness (QED) is 0.158. The third kappa shape index (κ3) is 5.49. The van der Waals surface area contributed by atoms with Gasteiger partial charge in [0.1, 0.15) is 17.3 Å². The summed E-state index contributed by atoms with van der Waals surface area (Å²) in [5, 5.41) is 17.2. The molecule has 1 unspecified atom stereocenters. The van der Waals surface area contributed by atoms with Gasteiger partial charge in [0, 0.05) is 52.3 Å². The van der Waals surface area contributed by atoms with Crippen molar-refractivity contribution in [1.29, 1.82) is 0 Å². The fourth-order valence-electron chi connectivity index (χ4n) is 7.41. The lowest BCUT2D eigenvalue weighted by atomic mass is 9.98. The summed E-state index contributed by atoms with van der Waals surface area (Å²) >= 11 is 13.4.